The Labute approximate surface area is 238 Å². The SMILES string of the molecule is COC(=O)c1ccc(-c2nc(N3CCC(OCc4c(-c5ccccc5OC(F)(F)F)noc4C4CC4)CC3)no2)cc1. The third kappa shape index (κ3) is 6.10. The van der Waals surface area contributed by atoms with Crippen LogP contribution in [0.3, 0.4) is 0 Å². The lowest BCUT2D eigenvalue weighted by atomic mass is 10.0. The second kappa shape index (κ2) is 11.5. The Hall–Kier alpha value is -4.39. The van der Waals surface area contributed by atoms with Gasteiger partial charge < -0.3 is 28.2 Å². The van der Waals surface area contributed by atoms with Gasteiger partial charge in [0.25, 0.3) is 11.8 Å². The average molecular weight is 585 g/mol. The van der Waals surface area contributed by atoms with Crippen molar-refractivity contribution in [3.63, 3.8) is 0 Å². The molecule has 1 aliphatic carbocycles. The summed E-state index contributed by atoms with van der Waals surface area (Å²) >= 11 is 0. The van der Waals surface area contributed by atoms with Crippen molar-refractivity contribution in [2.75, 3.05) is 25.1 Å². The van der Waals surface area contributed by atoms with Crippen LogP contribution in [0, 0.1) is 0 Å². The highest BCUT2D eigenvalue weighted by atomic mass is 19.4. The van der Waals surface area contributed by atoms with E-state index in [0.717, 1.165) is 12.8 Å². The van der Waals surface area contributed by atoms with Gasteiger partial charge in [-0.1, -0.05) is 17.3 Å². The lowest BCUT2D eigenvalue weighted by molar-refractivity contribution is -0.274. The van der Waals surface area contributed by atoms with Crippen molar-refractivity contribution in [3.05, 3.63) is 65.4 Å². The van der Waals surface area contributed by atoms with E-state index in [0.29, 0.717) is 65.9 Å². The number of methoxy groups -OCH3 is 1. The van der Waals surface area contributed by atoms with Crippen LogP contribution in [-0.2, 0) is 16.1 Å². The largest absolute Gasteiger partial charge is 0.573 e. The van der Waals surface area contributed by atoms with E-state index in [4.69, 9.17) is 18.5 Å². The summed E-state index contributed by atoms with van der Waals surface area (Å²) in [5.74, 6) is 0.868. The van der Waals surface area contributed by atoms with E-state index in [2.05, 4.69) is 20.0 Å². The van der Waals surface area contributed by atoms with Gasteiger partial charge in [0.1, 0.15) is 17.2 Å². The van der Waals surface area contributed by atoms with Crippen LogP contribution < -0.4 is 9.64 Å². The predicted octanol–water partition coefficient (Wildman–Crippen LogP) is 6.14. The maximum absolute atomic E-state index is 13.0. The van der Waals surface area contributed by atoms with Gasteiger partial charge in [-0.15, -0.1) is 13.2 Å². The van der Waals surface area contributed by atoms with Gasteiger partial charge in [0.2, 0.25) is 0 Å². The lowest BCUT2D eigenvalue weighted by Gasteiger charge is -2.30. The molecule has 2 fully saturated rings. The number of alkyl halides is 3. The molecule has 42 heavy (non-hydrogen) atoms. The van der Waals surface area contributed by atoms with Crippen LogP contribution in [0.15, 0.2) is 57.6 Å². The summed E-state index contributed by atoms with van der Waals surface area (Å²) in [4.78, 5) is 18.2. The molecule has 0 N–H and O–H groups in total. The van der Waals surface area contributed by atoms with Gasteiger partial charge in [0, 0.05) is 35.7 Å². The fraction of sp³-hybridized carbons (Fsp3) is 0.379. The van der Waals surface area contributed by atoms with Crippen LogP contribution >= 0.6 is 0 Å². The first-order valence-corrected chi connectivity index (χ1v) is 13.5. The number of aromatic nitrogens is 3. The number of benzene rings is 2. The number of carbonyl (C=O) groups excluding carboxylic acids is 1. The van der Waals surface area contributed by atoms with E-state index in [1.807, 2.05) is 4.90 Å². The lowest BCUT2D eigenvalue weighted by Crippen LogP contribution is -2.37. The summed E-state index contributed by atoms with van der Waals surface area (Å²) in [7, 11) is 1.32. The zero-order valence-electron chi connectivity index (χ0n) is 22.6. The molecule has 0 amide bonds. The van der Waals surface area contributed by atoms with Gasteiger partial charge >= 0.3 is 12.3 Å². The summed E-state index contributed by atoms with van der Waals surface area (Å²) in [6, 6.07) is 12.6. The third-order valence-corrected chi connectivity index (χ3v) is 7.29. The highest BCUT2D eigenvalue weighted by molar-refractivity contribution is 5.89. The molecular weight excluding hydrogens is 557 g/mol. The normalized spacial score (nSPS) is 16.0. The van der Waals surface area contributed by atoms with Crippen molar-refractivity contribution in [1.82, 2.24) is 15.3 Å². The molecule has 1 saturated heterocycles. The van der Waals surface area contributed by atoms with Crippen molar-refractivity contribution >= 4 is 11.9 Å². The number of hydrogen-bond donors (Lipinski definition) is 0. The van der Waals surface area contributed by atoms with Crippen LogP contribution in [0.25, 0.3) is 22.7 Å². The number of esters is 1. The smallest absolute Gasteiger partial charge is 0.465 e. The van der Waals surface area contributed by atoms with E-state index in [9.17, 15) is 18.0 Å². The first-order chi connectivity index (χ1) is 20.3. The summed E-state index contributed by atoms with van der Waals surface area (Å²) in [6.45, 7) is 1.40. The van der Waals surface area contributed by atoms with Gasteiger partial charge in [-0.3, -0.25) is 0 Å². The van der Waals surface area contributed by atoms with E-state index in [1.54, 1.807) is 30.3 Å². The number of halogens is 3. The standard InChI is InChI=1S/C29H27F3N4O6/c1-38-27(37)19-10-8-18(9-11-19)26-33-28(35-42-26)36-14-12-20(13-15-36)39-16-22-24(34-41-25(22)17-6-7-17)21-4-2-3-5-23(21)40-29(30,31)32/h2-5,8-11,17,20H,6-7,12-16H2,1H3. The quantitative estimate of drug-likeness (QED) is 0.213. The van der Waals surface area contributed by atoms with Crippen molar-refractivity contribution in [3.8, 4) is 28.5 Å². The Morgan fingerprint density at radius 3 is 2.43 bits per heavy atom. The molecular formula is C29H27F3N4O6. The maximum atomic E-state index is 13.0. The molecule has 1 saturated carbocycles. The number of carbonyl (C=O) groups is 1. The van der Waals surface area contributed by atoms with E-state index in [-0.39, 0.29) is 29.9 Å². The molecule has 2 aromatic carbocycles. The fourth-order valence-corrected chi connectivity index (χ4v) is 4.97. The molecule has 220 valence electrons. The van der Waals surface area contributed by atoms with Crippen molar-refractivity contribution < 1.29 is 41.2 Å². The summed E-state index contributed by atoms with van der Waals surface area (Å²) in [5, 5.41) is 8.25. The van der Waals surface area contributed by atoms with Crippen molar-refractivity contribution in [2.24, 2.45) is 0 Å². The first-order valence-electron chi connectivity index (χ1n) is 13.5. The minimum atomic E-state index is -4.83. The number of nitrogens with zero attached hydrogens (tertiary/aromatic N) is 4. The molecule has 2 aliphatic rings. The minimum absolute atomic E-state index is 0.0880. The van der Waals surface area contributed by atoms with E-state index < -0.39 is 12.3 Å². The molecule has 0 unspecified atom stereocenters. The topological polar surface area (TPSA) is 113 Å². The number of hydrogen-bond acceptors (Lipinski definition) is 10. The zero-order valence-corrected chi connectivity index (χ0v) is 22.6. The second-order valence-electron chi connectivity index (χ2n) is 10.2. The summed E-state index contributed by atoms with van der Waals surface area (Å²) in [5.41, 5.74) is 2.25. The Bertz CT molecular complexity index is 1540. The van der Waals surface area contributed by atoms with Crippen LogP contribution in [0.1, 0.15) is 53.3 Å². The van der Waals surface area contributed by atoms with Crippen LogP contribution in [0.4, 0.5) is 19.1 Å². The average Bonchev–Trinajstić information content (AvgIpc) is 3.56. The number of anilines is 1. The van der Waals surface area contributed by atoms with Crippen molar-refractivity contribution in [2.45, 2.75) is 50.7 Å². The molecule has 13 heteroatoms. The molecule has 10 nitrogen and oxygen atoms in total. The zero-order chi connectivity index (χ0) is 29.3. The Balaban J connectivity index is 1.10. The third-order valence-electron chi connectivity index (χ3n) is 7.29. The molecule has 1 aliphatic heterocycles. The highest BCUT2D eigenvalue weighted by Gasteiger charge is 2.36. The van der Waals surface area contributed by atoms with Crippen molar-refractivity contribution in [1.29, 1.82) is 0 Å². The van der Waals surface area contributed by atoms with Gasteiger partial charge in [-0.25, -0.2) is 4.79 Å². The van der Waals surface area contributed by atoms with Crippen LogP contribution in [0.5, 0.6) is 5.75 Å². The van der Waals surface area contributed by atoms with Gasteiger partial charge in [-0.2, -0.15) is 4.98 Å². The fourth-order valence-electron chi connectivity index (χ4n) is 4.97. The predicted molar refractivity (Wildman–Crippen MR) is 142 cm³/mol. The minimum Gasteiger partial charge on any atom is -0.465 e. The Morgan fingerprint density at radius 1 is 1.00 bits per heavy atom. The molecule has 0 radical (unpaired) electrons. The van der Waals surface area contributed by atoms with Gasteiger partial charge in [0.05, 0.1) is 25.4 Å². The van der Waals surface area contributed by atoms with E-state index in [1.165, 1.54) is 25.3 Å². The van der Waals surface area contributed by atoms with Crippen LogP contribution in [0.2, 0.25) is 0 Å². The van der Waals surface area contributed by atoms with Crippen LogP contribution in [-0.4, -0.2) is 53.9 Å². The molecule has 4 aromatic rings. The molecule has 0 bridgehead atoms. The maximum Gasteiger partial charge on any atom is 0.573 e. The molecule has 0 spiro atoms. The molecule has 2 aromatic heterocycles. The number of para-hydroxylation sites is 1. The van der Waals surface area contributed by atoms with Gasteiger partial charge in [-0.05, 0) is 67.2 Å². The summed E-state index contributed by atoms with van der Waals surface area (Å²) in [6.07, 6.45) is -1.69. The molecule has 6 rings (SSSR count). The monoisotopic (exact) mass is 584 g/mol. The van der Waals surface area contributed by atoms with E-state index >= 15 is 0 Å². The second-order valence-corrected chi connectivity index (χ2v) is 10.2. The number of ether oxygens (including phenoxy) is 3. The number of rotatable bonds is 9. The molecule has 3 heterocycles. The summed E-state index contributed by atoms with van der Waals surface area (Å²) < 4.78 is 65.4. The molecule has 0 atom stereocenters. The Kier molecular flexibility index (Phi) is 7.58. The van der Waals surface area contributed by atoms with Gasteiger partial charge in [0.15, 0.2) is 0 Å². The first kappa shape index (κ1) is 27.8. The Morgan fingerprint density at radius 2 is 1.74 bits per heavy atom. The highest BCUT2D eigenvalue weighted by Crippen LogP contribution is 2.45. The number of piperidine rings is 1.